The molecule has 3 rings (SSSR count). The summed E-state index contributed by atoms with van der Waals surface area (Å²) in [5.74, 6) is -2.63. The third-order valence-electron chi connectivity index (χ3n) is 7.48. The standard InChI is InChI=1S/C35H44O7S/c1-3-5-6-7-8-9-12-24-15-17-25(18-16-24)19-21-32(28(36)13-10-14-33(38)39)43-31-22-20-26-29(37)23-30(35(40)41)42-34(26)27(31)11-4-2/h15-23,28,32,36H,3-14H2,1-2H3,(H,38,39)(H,40,41)/b21-19+. The van der Waals surface area contributed by atoms with E-state index in [1.807, 2.05) is 25.1 Å². The van der Waals surface area contributed by atoms with Gasteiger partial charge in [0.05, 0.1) is 16.7 Å². The van der Waals surface area contributed by atoms with Gasteiger partial charge in [0, 0.05) is 22.9 Å². The van der Waals surface area contributed by atoms with Gasteiger partial charge in [0.25, 0.3) is 0 Å². The highest BCUT2D eigenvalue weighted by molar-refractivity contribution is 8.00. The predicted octanol–water partition coefficient (Wildman–Crippen LogP) is 8.14. The quantitative estimate of drug-likeness (QED) is 0.0920. The summed E-state index contributed by atoms with van der Waals surface area (Å²) in [7, 11) is 0. The van der Waals surface area contributed by atoms with E-state index < -0.39 is 34.5 Å². The van der Waals surface area contributed by atoms with E-state index in [1.54, 1.807) is 6.07 Å². The third-order valence-corrected chi connectivity index (χ3v) is 8.86. The lowest BCUT2D eigenvalue weighted by Gasteiger charge is -2.21. The molecule has 8 heteroatoms. The first-order chi connectivity index (χ1) is 20.7. The van der Waals surface area contributed by atoms with Crippen LogP contribution in [0, 0.1) is 0 Å². The highest BCUT2D eigenvalue weighted by Gasteiger charge is 2.22. The van der Waals surface area contributed by atoms with Gasteiger partial charge in [-0.2, -0.15) is 0 Å². The number of carboxylic acid groups (broad SMARTS) is 2. The summed E-state index contributed by atoms with van der Waals surface area (Å²) in [5.41, 5.74) is 2.85. The van der Waals surface area contributed by atoms with Gasteiger partial charge in [-0.1, -0.05) is 88.8 Å². The van der Waals surface area contributed by atoms with Crippen LogP contribution in [0.25, 0.3) is 17.0 Å². The summed E-state index contributed by atoms with van der Waals surface area (Å²) >= 11 is 1.40. The first kappa shape index (κ1) is 34.1. The molecule has 0 radical (unpaired) electrons. The second kappa shape index (κ2) is 17.7. The van der Waals surface area contributed by atoms with E-state index in [1.165, 1.54) is 55.9 Å². The van der Waals surface area contributed by atoms with E-state index >= 15 is 0 Å². The zero-order valence-corrected chi connectivity index (χ0v) is 26.0. The lowest BCUT2D eigenvalue weighted by Crippen LogP contribution is -2.21. The number of fused-ring (bicyclic) bond motifs is 1. The largest absolute Gasteiger partial charge is 0.481 e. The average molecular weight is 609 g/mol. The molecule has 3 aromatic rings. The number of carbonyl (C=O) groups is 2. The molecule has 2 unspecified atom stereocenters. The number of benzene rings is 2. The summed E-state index contributed by atoms with van der Waals surface area (Å²) in [4.78, 5) is 36.1. The molecule has 0 spiro atoms. The Labute approximate surface area is 258 Å². The Morgan fingerprint density at radius 1 is 0.907 bits per heavy atom. The van der Waals surface area contributed by atoms with E-state index in [9.17, 15) is 24.6 Å². The molecule has 0 saturated heterocycles. The monoisotopic (exact) mass is 608 g/mol. The fraction of sp³-hybridized carbons (Fsp3) is 0.457. The minimum atomic E-state index is -1.31. The van der Waals surface area contributed by atoms with Gasteiger partial charge in [0.2, 0.25) is 5.76 Å². The van der Waals surface area contributed by atoms with Crippen molar-refractivity contribution in [1.82, 2.24) is 0 Å². The first-order valence-electron chi connectivity index (χ1n) is 15.4. The second-order valence-electron chi connectivity index (χ2n) is 11.0. The van der Waals surface area contributed by atoms with Crippen molar-refractivity contribution in [3.63, 3.8) is 0 Å². The van der Waals surface area contributed by atoms with Gasteiger partial charge in [-0.15, -0.1) is 11.8 Å². The highest BCUT2D eigenvalue weighted by atomic mass is 32.2. The molecule has 1 heterocycles. The van der Waals surface area contributed by atoms with Crippen LogP contribution in [0.2, 0.25) is 0 Å². The Bertz CT molecular complexity index is 1420. The van der Waals surface area contributed by atoms with E-state index in [0.717, 1.165) is 34.9 Å². The molecule has 1 aromatic heterocycles. The Kier molecular flexibility index (Phi) is 14.0. The fourth-order valence-corrected chi connectivity index (χ4v) is 6.32. The number of hydrogen-bond acceptors (Lipinski definition) is 6. The van der Waals surface area contributed by atoms with Crippen molar-refractivity contribution in [3.05, 3.63) is 81.2 Å². The van der Waals surface area contributed by atoms with E-state index in [2.05, 4.69) is 31.2 Å². The zero-order valence-electron chi connectivity index (χ0n) is 25.2. The second-order valence-corrected chi connectivity index (χ2v) is 12.2. The van der Waals surface area contributed by atoms with Crippen molar-refractivity contribution >= 4 is 40.7 Å². The van der Waals surface area contributed by atoms with Crippen molar-refractivity contribution in [2.24, 2.45) is 0 Å². The minimum Gasteiger partial charge on any atom is -0.481 e. The molecular weight excluding hydrogens is 564 g/mol. The number of aliphatic carboxylic acids is 1. The van der Waals surface area contributed by atoms with Crippen molar-refractivity contribution in [2.45, 2.75) is 107 Å². The van der Waals surface area contributed by atoms with Crippen LogP contribution in [0.3, 0.4) is 0 Å². The van der Waals surface area contributed by atoms with Crippen LogP contribution in [-0.2, 0) is 17.6 Å². The Hall–Kier alpha value is -3.36. The van der Waals surface area contributed by atoms with Crippen molar-refractivity contribution in [2.75, 3.05) is 0 Å². The lowest BCUT2D eigenvalue weighted by atomic mass is 10.0. The van der Waals surface area contributed by atoms with E-state index in [-0.39, 0.29) is 12.0 Å². The van der Waals surface area contributed by atoms with Crippen molar-refractivity contribution in [1.29, 1.82) is 0 Å². The van der Waals surface area contributed by atoms with Gasteiger partial charge in [0.15, 0.2) is 5.43 Å². The smallest absolute Gasteiger partial charge is 0.371 e. The summed E-state index contributed by atoms with van der Waals surface area (Å²) in [6, 6.07) is 12.9. The SMILES string of the molecule is CCCCCCCCc1ccc(/C=C/C(Sc2ccc3c(=O)cc(C(=O)O)oc3c2CCC)C(O)CCCC(=O)O)cc1. The maximum atomic E-state index is 12.6. The molecular formula is C35H44O7S. The van der Waals surface area contributed by atoms with Crippen molar-refractivity contribution in [3.8, 4) is 0 Å². The van der Waals surface area contributed by atoms with E-state index in [4.69, 9.17) is 9.52 Å². The molecule has 43 heavy (non-hydrogen) atoms. The molecule has 0 fully saturated rings. The Balaban J connectivity index is 1.84. The minimum absolute atomic E-state index is 0.0294. The van der Waals surface area contributed by atoms with Gasteiger partial charge in [-0.05, 0) is 55.4 Å². The van der Waals surface area contributed by atoms with Crippen LogP contribution in [0.15, 0.2) is 62.6 Å². The molecule has 0 aliphatic carbocycles. The maximum Gasteiger partial charge on any atom is 0.371 e. The molecule has 0 aliphatic heterocycles. The maximum absolute atomic E-state index is 12.6. The third kappa shape index (κ3) is 10.7. The summed E-state index contributed by atoms with van der Waals surface area (Å²) in [5, 5.41) is 29.6. The van der Waals surface area contributed by atoms with Crippen LogP contribution >= 0.6 is 11.8 Å². The topological polar surface area (TPSA) is 125 Å². The highest BCUT2D eigenvalue weighted by Crippen LogP contribution is 2.35. The first-order valence-corrected chi connectivity index (χ1v) is 16.3. The lowest BCUT2D eigenvalue weighted by molar-refractivity contribution is -0.137. The number of aryl methyl sites for hydroxylation is 2. The van der Waals surface area contributed by atoms with Gasteiger partial charge in [0.1, 0.15) is 5.58 Å². The molecule has 0 aliphatic rings. The zero-order chi connectivity index (χ0) is 31.2. The van der Waals surface area contributed by atoms with E-state index in [0.29, 0.717) is 24.6 Å². The van der Waals surface area contributed by atoms with Gasteiger partial charge in [-0.25, -0.2) is 4.79 Å². The van der Waals surface area contributed by atoms with Crippen LogP contribution in [0.1, 0.15) is 105 Å². The Morgan fingerprint density at radius 2 is 1.63 bits per heavy atom. The molecule has 0 saturated carbocycles. The predicted molar refractivity (Wildman–Crippen MR) is 173 cm³/mol. The summed E-state index contributed by atoms with van der Waals surface area (Å²) in [6.45, 7) is 4.21. The normalized spacial score (nSPS) is 13.0. The summed E-state index contributed by atoms with van der Waals surface area (Å²) in [6.07, 6.45) is 13.6. The van der Waals surface area contributed by atoms with Crippen LogP contribution in [-0.4, -0.2) is 38.6 Å². The molecule has 3 N–H and O–H groups in total. The van der Waals surface area contributed by atoms with Gasteiger partial charge < -0.3 is 19.7 Å². The molecule has 0 amide bonds. The number of hydrogen-bond donors (Lipinski definition) is 3. The molecule has 0 bridgehead atoms. The van der Waals surface area contributed by atoms with Crippen molar-refractivity contribution < 1.29 is 29.3 Å². The molecule has 7 nitrogen and oxygen atoms in total. The number of aliphatic hydroxyl groups excluding tert-OH is 1. The fourth-order valence-electron chi connectivity index (χ4n) is 5.09. The van der Waals surface area contributed by atoms with Crippen LogP contribution in [0.5, 0.6) is 0 Å². The number of thioether (sulfide) groups is 1. The van der Waals surface area contributed by atoms with Crippen LogP contribution in [0.4, 0.5) is 0 Å². The van der Waals surface area contributed by atoms with Gasteiger partial charge in [-0.3, -0.25) is 9.59 Å². The molecule has 232 valence electrons. The van der Waals surface area contributed by atoms with Gasteiger partial charge >= 0.3 is 11.9 Å². The van der Waals surface area contributed by atoms with Crippen LogP contribution < -0.4 is 5.43 Å². The number of rotatable bonds is 19. The molecule has 2 atom stereocenters. The number of aliphatic hydroxyl groups is 1. The summed E-state index contributed by atoms with van der Waals surface area (Å²) < 4.78 is 5.70. The number of unbranched alkanes of at least 4 members (excludes halogenated alkanes) is 5. The number of aromatic carboxylic acids is 1. The molecule has 2 aromatic carbocycles. The Morgan fingerprint density at radius 3 is 2.30 bits per heavy atom. The number of carboxylic acids is 2. The average Bonchev–Trinajstić information content (AvgIpc) is 2.98.